The predicted octanol–water partition coefficient (Wildman–Crippen LogP) is 1.45. The van der Waals surface area contributed by atoms with E-state index in [-0.39, 0.29) is 5.69 Å². The number of rotatable bonds is 6. The molecule has 0 aliphatic rings. The Morgan fingerprint density at radius 3 is 2.56 bits per heavy atom. The SMILES string of the molecule is CCC(C)(O)CNc1cc(NN)cc([N+](=O)[O-])c1. The summed E-state index contributed by atoms with van der Waals surface area (Å²) < 4.78 is 0. The molecule has 1 rings (SSSR count). The number of nitrogens with zero attached hydrogens (tertiary/aromatic N) is 1. The van der Waals surface area contributed by atoms with Gasteiger partial charge in [-0.1, -0.05) is 6.92 Å². The third-order valence-electron chi connectivity index (χ3n) is 2.73. The first kappa shape index (κ1) is 14.2. The molecule has 5 N–H and O–H groups in total. The molecule has 7 nitrogen and oxygen atoms in total. The average Bonchev–Trinajstić information content (AvgIpc) is 2.36. The monoisotopic (exact) mass is 254 g/mol. The number of benzene rings is 1. The summed E-state index contributed by atoms with van der Waals surface area (Å²) in [4.78, 5) is 10.2. The first-order valence-corrected chi connectivity index (χ1v) is 5.60. The van der Waals surface area contributed by atoms with Crippen molar-refractivity contribution in [2.45, 2.75) is 25.9 Å². The Morgan fingerprint density at radius 1 is 1.44 bits per heavy atom. The van der Waals surface area contributed by atoms with Crippen molar-refractivity contribution in [3.63, 3.8) is 0 Å². The number of nitrogens with one attached hydrogen (secondary N) is 2. The molecule has 0 aliphatic carbocycles. The Labute approximate surface area is 105 Å². The third-order valence-corrected chi connectivity index (χ3v) is 2.73. The van der Waals surface area contributed by atoms with Crippen LogP contribution in [0.3, 0.4) is 0 Å². The molecule has 0 saturated heterocycles. The lowest BCUT2D eigenvalue weighted by Crippen LogP contribution is -2.32. The number of non-ortho nitro benzene ring substituents is 1. The van der Waals surface area contributed by atoms with Crippen LogP contribution in [0.4, 0.5) is 17.1 Å². The summed E-state index contributed by atoms with van der Waals surface area (Å²) in [5.74, 6) is 5.25. The Hall–Kier alpha value is -1.86. The maximum absolute atomic E-state index is 10.7. The van der Waals surface area contributed by atoms with E-state index in [1.807, 2.05) is 6.92 Å². The topological polar surface area (TPSA) is 113 Å². The molecule has 0 aromatic heterocycles. The molecule has 0 bridgehead atoms. The summed E-state index contributed by atoms with van der Waals surface area (Å²) in [6.45, 7) is 3.86. The Balaban J connectivity index is 2.88. The number of hydrogen-bond donors (Lipinski definition) is 4. The second kappa shape index (κ2) is 5.65. The largest absolute Gasteiger partial charge is 0.388 e. The van der Waals surface area contributed by atoms with Crippen molar-refractivity contribution in [1.82, 2.24) is 0 Å². The summed E-state index contributed by atoms with van der Waals surface area (Å²) in [6.07, 6.45) is 0.580. The summed E-state index contributed by atoms with van der Waals surface area (Å²) in [5, 5.41) is 23.5. The van der Waals surface area contributed by atoms with Crippen molar-refractivity contribution in [3.8, 4) is 0 Å². The van der Waals surface area contributed by atoms with Gasteiger partial charge in [0.1, 0.15) is 0 Å². The third kappa shape index (κ3) is 3.86. The molecule has 1 aromatic carbocycles. The van der Waals surface area contributed by atoms with Crippen LogP contribution in [0.5, 0.6) is 0 Å². The zero-order chi connectivity index (χ0) is 13.8. The molecule has 0 saturated carbocycles. The quantitative estimate of drug-likeness (QED) is 0.347. The van der Waals surface area contributed by atoms with Crippen LogP contribution in [0.1, 0.15) is 20.3 Å². The average molecular weight is 254 g/mol. The molecule has 1 atom stereocenters. The van der Waals surface area contributed by atoms with Crippen LogP contribution >= 0.6 is 0 Å². The summed E-state index contributed by atoms with van der Waals surface area (Å²) in [5.41, 5.74) is 2.41. The van der Waals surface area contributed by atoms with Crippen molar-refractivity contribution in [2.75, 3.05) is 17.3 Å². The highest BCUT2D eigenvalue weighted by Gasteiger charge is 2.17. The van der Waals surface area contributed by atoms with Crippen molar-refractivity contribution >= 4 is 17.1 Å². The van der Waals surface area contributed by atoms with Gasteiger partial charge in [-0.15, -0.1) is 0 Å². The van der Waals surface area contributed by atoms with Crippen LogP contribution in [0.2, 0.25) is 0 Å². The van der Waals surface area contributed by atoms with Gasteiger partial charge in [-0.3, -0.25) is 16.0 Å². The van der Waals surface area contributed by atoms with Crippen LogP contribution in [0, 0.1) is 10.1 Å². The number of anilines is 2. The fourth-order valence-corrected chi connectivity index (χ4v) is 1.32. The van der Waals surface area contributed by atoms with Crippen LogP contribution in [0.25, 0.3) is 0 Å². The maximum atomic E-state index is 10.7. The lowest BCUT2D eigenvalue weighted by atomic mass is 10.0. The fourth-order valence-electron chi connectivity index (χ4n) is 1.32. The van der Waals surface area contributed by atoms with Gasteiger partial charge >= 0.3 is 0 Å². The molecule has 0 heterocycles. The first-order valence-electron chi connectivity index (χ1n) is 5.60. The highest BCUT2D eigenvalue weighted by Crippen LogP contribution is 2.24. The summed E-state index contributed by atoms with van der Waals surface area (Å²) >= 11 is 0. The number of nitrogens with two attached hydrogens (primary N) is 1. The summed E-state index contributed by atoms with van der Waals surface area (Å²) in [6, 6.07) is 4.37. The van der Waals surface area contributed by atoms with Gasteiger partial charge in [0.05, 0.1) is 16.2 Å². The van der Waals surface area contributed by atoms with Crippen molar-refractivity contribution in [1.29, 1.82) is 0 Å². The molecule has 0 aliphatic heterocycles. The molecule has 7 heteroatoms. The molecule has 1 unspecified atom stereocenters. The van der Waals surface area contributed by atoms with Crippen molar-refractivity contribution < 1.29 is 10.0 Å². The molecule has 0 fully saturated rings. The second-order valence-corrected chi connectivity index (χ2v) is 4.37. The van der Waals surface area contributed by atoms with Gasteiger partial charge in [-0.2, -0.15) is 0 Å². The fraction of sp³-hybridized carbons (Fsp3) is 0.455. The van der Waals surface area contributed by atoms with Gasteiger partial charge in [-0.05, 0) is 19.4 Å². The number of hydrogen-bond acceptors (Lipinski definition) is 6. The highest BCUT2D eigenvalue weighted by molar-refractivity contribution is 5.63. The van der Waals surface area contributed by atoms with E-state index in [0.29, 0.717) is 24.3 Å². The molecule has 100 valence electrons. The second-order valence-electron chi connectivity index (χ2n) is 4.37. The van der Waals surface area contributed by atoms with Gasteiger partial charge in [-0.25, -0.2) is 0 Å². The predicted molar refractivity (Wildman–Crippen MR) is 70.3 cm³/mol. The van der Waals surface area contributed by atoms with Crippen LogP contribution in [0.15, 0.2) is 18.2 Å². The lowest BCUT2D eigenvalue weighted by molar-refractivity contribution is -0.384. The Bertz CT molecular complexity index is 434. The van der Waals surface area contributed by atoms with E-state index in [2.05, 4.69) is 10.7 Å². The van der Waals surface area contributed by atoms with Crippen molar-refractivity contribution in [2.24, 2.45) is 5.84 Å². The highest BCUT2D eigenvalue weighted by atomic mass is 16.6. The molecular weight excluding hydrogens is 236 g/mol. The number of hydrazine groups is 1. The van der Waals surface area contributed by atoms with E-state index in [1.165, 1.54) is 12.1 Å². The molecule has 0 radical (unpaired) electrons. The van der Waals surface area contributed by atoms with E-state index in [9.17, 15) is 15.2 Å². The van der Waals surface area contributed by atoms with Gasteiger partial charge in [0.2, 0.25) is 0 Å². The minimum atomic E-state index is -0.860. The molecule has 1 aromatic rings. The van der Waals surface area contributed by atoms with Gasteiger partial charge in [0, 0.05) is 24.4 Å². The molecular formula is C11H18N4O3. The number of nitro benzene ring substituents is 1. The van der Waals surface area contributed by atoms with Crippen LogP contribution in [-0.4, -0.2) is 22.2 Å². The normalized spacial score (nSPS) is 13.8. The van der Waals surface area contributed by atoms with Gasteiger partial charge < -0.3 is 15.8 Å². The maximum Gasteiger partial charge on any atom is 0.273 e. The Morgan fingerprint density at radius 2 is 2.06 bits per heavy atom. The number of nitrogen functional groups attached to an aromatic ring is 1. The van der Waals surface area contributed by atoms with E-state index in [0.717, 1.165) is 0 Å². The summed E-state index contributed by atoms with van der Waals surface area (Å²) in [7, 11) is 0. The van der Waals surface area contributed by atoms with Gasteiger partial charge in [0.25, 0.3) is 5.69 Å². The number of aliphatic hydroxyl groups is 1. The van der Waals surface area contributed by atoms with Gasteiger partial charge in [0.15, 0.2) is 0 Å². The minimum absolute atomic E-state index is 0.0657. The molecule has 18 heavy (non-hydrogen) atoms. The standard InChI is InChI=1S/C11H18N4O3/c1-3-11(2,16)7-13-8-4-9(14-12)6-10(5-8)15(17)18/h4-6,13-14,16H,3,7,12H2,1-2H3. The first-order chi connectivity index (χ1) is 8.38. The zero-order valence-electron chi connectivity index (χ0n) is 10.4. The van der Waals surface area contributed by atoms with Crippen LogP contribution in [-0.2, 0) is 0 Å². The van der Waals surface area contributed by atoms with Crippen molar-refractivity contribution in [3.05, 3.63) is 28.3 Å². The molecule has 0 spiro atoms. The lowest BCUT2D eigenvalue weighted by Gasteiger charge is -2.22. The van der Waals surface area contributed by atoms with E-state index >= 15 is 0 Å². The number of nitro groups is 1. The smallest absolute Gasteiger partial charge is 0.273 e. The Kier molecular flexibility index (Phi) is 4.46. The van der Waals surface area contributed by atoms with E-state index in [4.69, 9.17) is 5.84 Å². The van der Waals surface area contributed by atoms with E-state index in [1.54, 1.807) is 13.0 Å². The zero-order valence-corrected chi connectivity index (χ0v) is 10.4. The van der Waals surface area contributed by atoms with E-state index < -0.39 is 10.5 Å². The minimum Gasteiger partial charge on any atom is -0.388 e. The van der Waals surface area contributed by atoms with Crippen LogP contribution < -0.4 is 16.6 Å². The molecule has 0 amide bonds.